The molecule has 0 unspecified atom stereocenters. The molecule has 0 spiro atoms. The molecule has 1 aromatic carbocycles. The van der Waals surface area contributed by atoms with Crippen LogP contribution < -0.4 is 10.1 Å². The van der Waals surface area contributed by atoms with E-state index >= 15 is 0 Å². The summed E-state index contributed by atoms with van der Waals surface area (Å²) in [5, 5.41) is 10.9. The third-order valence-electron chi connectivity index (χ3n) is 2.55. The minimum absolute atomic E-state index is 0.0127. The van der Waals surface area contributed by atoms with Gasteiger partial charge in [0, 0.05) is 5.56 Å². The minimum atomic E-state index is -0.306. The normalized spacial score (nSPS) is 10.3. The SMILES string of the molecule is CCSc1nnc(NC(=O)COc2ccc(C(C)=O)cc2)s1. The molecule has 0 fully saturated rings. The quantitative estimate of drug-likeness (QED) is 0.475. The number of hydrogen-bond donors (Lipinski definition) is 1. The summed E-state index contributed by atoms with van der Waals surface area (Å²) in [6, 6.07) is 6.64. The van der Waals surface area contributed by atoms with Crippen molar-refractivity contribution in [1.82, 2.24) is 10.2 Å². The molecule has 0 aliphatic rings. The van der Waals surface area contributed by atoms with E-state index in [0.29, 0.717) is 16.4 Å². The largest absolute Gasteiger partial charge is 0.484 e. The van der Waals surface area contributed by atoms with Crippen molar-refractivity contribution in [1.29, 1.82) is 0 Å². The number of hydrogen-bond acceptors (Lipinski definition) is 7. The van der Waals surface area contributed by atoms with Crippen molar-refractivity contribution < 1.29 is 14.3 Å². The summed E-state index contributed by atoms with van der Waals surface area (Å²) >= 11 is 2.90. The topological polar surface area (TPSA) is 81.2 Å². The molecule has 0 aliphatic heterocycles. The summed E-state index contributed by atoms with van der Waals surface area (Å²) < 4.78 is 6.18. The Morgan fingerprint density at radius 3 is 2.64 bits per heavy atom. The Labute approximate surface area is 136 Å². The van der Waals surface area contributed by atoms with Crippen molar-refractivity contribution in [2.75, 3.05) is 17.7 Å². The van der Waals surface area contributed by atoms with Crippen molar-refractivity contribution in [3.05, 3.63) is 29.8 Å². The fourth-order valence-electron chi connectivity index (χ4n) is 1.53. The summed E-state index contributed by atoms with van der Waals surface area (Å²) in [7, 11) is 0. The van der Waals surface area contributed by atoms with Crippen LogP contribution >= 0.6 is 23.1 Å². The minimum Gasteiger partial charge on any atom is -0.484 e. The van der Waals surface area contributed by atoms with Crippen LogP contribution in [0.4, 0.5) is 5.13 Å². The molecule has 1 aromatic heterocycles. The van der Waals surface area contributed by atoms with E-state index in [1.165, 1.54) is 18.3 Å². The molecule has 2 aromatic rings. The van der Waals surface area contributed by atoms with Gasteiger partial charge in [0.05, 0.1) is 0 Å². The van der Waals surface area contributed by atoms with E-state index in [1.807, 2.05) is 6.92 Å². The van der Waals surface area contributed by atoms with Crippen LogP contribution in [0.3, 0.4) is 0 Å². The fourth-order valence-corrected chi connectivity index (χ4v) is 3.20. The fraction of sp³-hybridized carbons (Fsp3) is 0.286. The number of carbonyl (C=O) groups is 2. The molecule has 1 heterocycles. The summed E-state index contributed by atoms with van der Waals surface area (Å²) in [5.74, 6) is 1.11. The predicted molar refractivity (Wildman–Crippen MR) is 86.9 cm³/mol. The molecule has 1 N–H and O–H groups in total. The zero-order chi connectivity index (χ0) is 15.9. The zero-order valence-electron chi connectivity index (χ0n) is 12.2. The van der Waals surface area contributed by atoms with Crippen molar-refractivity contribution >= 4 is 39.9 Å². The molecule has 8 heteroatoms. The van der Waals surface area contributed by atoms with Gasteiger partial charge in [0.25, 0.3) is 5.91 Å². The van der Waals surface area contributed by atoms with Crippen LogP contribution in [0.2, 0.25) is 0 Å². The molecule has 0 saturated heterocycles. The Balaban J connectivity index is 1.82. The number of anilines is 1. The smallest absolute Gasteiger partial charge is 0.264 e. The molecule has 0 radical (unpaired) electrons. The Bertz CT molecular complexity index is 656. The van der Waals surface area contributed by atoms with Gasteiger partial charge in [-0.2, -0.15) is 0 Å². The molecule has 0 saturated carbocycles. The number of amides is 1. The number of nitrogens with one attached hydrogen (secondary N) is 1. The second kappa shape index (κ2) is 7.90. The van der Waals surface area contributed by atoms with Gasteiger partial charge in [-0.15, -0.1) is 10.2 Å². The lowest BCUT2D eigenvalue weighted by molar-refractivity contribution is -0.118. The van der Waals surface area contributed by atoms with Crippen molar-refractivity contribution in [3.63, 3.8) is 0 Å². The van der Waals surface area contributed by atoms with Crippen LogP contribution in [0.1, 0.15) is 24.2 Å². The lowest BCUT2D eigenvalue weighted by Crippen LogP contribution is -2.20. The van der Waals surface area contributed by atoms with E-state index in [2.05, 4.69) is 15.5 Å². The number of aromatic nitrogens is 2. The van der Waals surface area contributed by atoms with E-state index in [0.717, 1.165) is 10.1 Å². The van der Waals surface area contributed by atoms with Gasteiger partial charge in [0.1, 0.15) is 5.75 Å². The first-order chi connectivity index (χ1) is 10.6. The third kappa shape index (κ3) is 4.81. The van der Waals surface area contributed by atoms with Crippen LogP contribution in [-0.2, 0) is 4.79 Å². The Hall–Kier alpha value is -1.93. The average Bonchev–Trinajstić information content (AvgIpc) is 2.93. The van der Waals surface area contributed by atoms with Gasteiger partial charge in [-0.3, -0.25) is 14.9 Å². The van der Waals surface area contributed by atoms with E-state index in [1.54, 1.807) is 36.0 Å². The van der Waals surface area contributed by atoms with Gasteiger partial charge in [-0.1, -0.05) is 30.0 Å². The predicted octanol–water partition coefficient (Wildman–Crippen LogP) is 2.87. The second-order valence-corrected chi connectivity index (χ2v) is 6.71. The zero-order valence-corrected chi connectivity index (χ0v) is 13.8. The van der Waals surface area contributed by atoms with Crippen molar-refractivity contribution in [3.8, 4) is 5.75 Å². The molecule has 0 bridgehead atoms. The first-order valence-corrected chi connectivity index (χ1v) is 8.38. The van der Waals surface area contributed by atoms with Gasteiger partial charge in [0.2, 0.25) is 5.13 Å². The summed E-state index contributed by atoms with van der Waals surface area (Å²) in [5.41, 5.74) is 0.603. The van der Waals surface area contributed by atoms with Gasteiger partial charge in [-0.05, 0) is 36.9 Å². The number of ketones is 1. The first-order valence-electron chi connectivity index (χ1n) is 6.58. The maximum absolute atomic E-state index is 11.8. The van der Waals surface area contributed by atoms with Crippen molar-refractivity contribution in [2.24, 2.45) is 0 Å². The number of thioether (sulfide) groups is 1. The number of benzene rings is 1. The summed E-state index contributed by atoms with van der Waals surface area (Å²) in [4.78, 5) is 22.9. The molecular weight excluding hydrogens is 322 g/mol. The van der Waals surface area contributed by atoms with Gasteiger partial charge < -0.3 is 4.74 Å². The highest BCUT2D eigenvalue weighted by molar-refractivity contribution is 8.01. The molecule has 2 rings (SSSR count). The van der Waals surface area contributed by atoms with E-state index < -0.39 is 0 Å². The monoisotopic (exact) mass is 337 g/mol. The summed E-state index contributed by atoms with van der Waals surface area (Å²) in [6.07, 6.45) is 0. The number of ether oxygens (including phenoxy) is 1. The molecule has 22 heavy (non-hydrogen) atoms. The van der Waals surface area contributed by atoms with Crippen LogP contribution in [0.15, 0.2) is 28.6 Å². The van der Waals surface area contributed by atoms with Gasteiger partial charge in [0.15, 0.2) is 16.7 Å². The van der Waals surface area contributed by atoms with Crippen LogP contribution in [0.5, 0.6) is 5.75 Å². The number of nitrogens with zero attached hydrogens (tertiary/aromatic N) is 2. The Kier molecular flexibility index (Phi) is 5.91. The van der Waals surface area contributed by atoms with E-state index in [9.17, 15) is 9.59 Å². The lowest BCUT2D eigenvalue weighted by Gasteiger charge is -2.05. The highest BCUT2D eigenvalue weighted by Crippen LogP contribution is 2.24. The molecule has 1 amide bonds. The highest BCUT2D eigenvalue weighted by Gasteiger charge is 2.09. The summed E-state index contributed by atoms with van der Waals surface area (Å²) in [6.45, 7) is 3.39. The molecule has 0 atom stereocenters. The number of carbonyl (C=O) groups excluding carboxylic acids is 2. The Morgan fingerprint density at radius 1 is 1.27 bits per heavy atom. The van der Waals surface area contributed by atoms with Gasteiger partial charge >= 0.3 is 0 Å². The second-order valence-electron chi connectivity index (χ2n) is 4.22. The number of Topliss-reactive ketones (excluding diaryl/α,β-unsaturated/α-hetero) is 1. The van der Waals surface area contributed by atoms with Crippen LogP contribution in [0.25, 0.3) is 0 Å². The third-order valence-corrected chi connectivity index (χ3v) is 4.41. The van der Waals surface area contributed by atoms with E-state index in [4.69, 9.17) is 4.74 Å². The lowest BCUT2D eigenvalue weighted by atomic mass is 10.1. The molecule has 116 valence electrons. The maximum atomic E-state index is 11.8. The van der Waals surface area contributed by atoms with Crippen molar-refractivity contribution in [2.45, 2.75) is 18.2 Å². The maximum Gasteiger partial charge on any atom is 0.264 e. The highest BCUT2D eigenvalue weighted by atomic mass is 32.2. The van der Waals surface area contributed by atoms with Gasteiger partial charge in [-0.25, -0.2) is 0 Å². The molecule has 0 aliphatic carbocycles. The van der Waals surface area contributed by atoms with Crippen LogP contribution in [-0.4, -0.2) is 34.2 Å². The molecular formula is C14H15N3O3S2. The Morgan fingerprint density at radius 2 is 2.00 bits per heavy atom. The molecule has 6 nitrogen and oxygen atoms in total. The van der Waals surface area contributed by atoms with Crippen LogP contribution in [0, 0.1) is 0 Å². The first kappa shape index (κ1) is 16.4. The van der Waals surface area contributed by atoms with E-state index in [-0.39, 0.29) is 18.3 Å². The number of rotatable bonds is 7. The standard InChI is InChI=1S/C14H15N3O3S2/c1-3-21-14-17-16-13(22-14)15-12(19)8-20-11-6-4-10(5-7-11)9(2)18/h4-7H,3,8H2,1-2H3,(H,15,16,19). The average molecular weight is 337 g/mol.